The lowest BCUT2D eigenvalue weighted by molar-refractivity contribution is 0.423. The molecular formula is C22H27N3O2S. The van der Waals surface area contributed by atoms with E-state index in [9.17, 15) is 8.42 Å². The smallest absolute Gasteiger partial charge is 0.240 e. The summed E-state index contributed by atoms with van der Waals surface area (Å²) < 4.78 is 28.6. The van der Waals surface area contributed by atoms with E-state index in [1.807, 2.05) is 38.1 Å². The molecule has 0 fully saturated rings. The minimum Gasteiger partial charge on any atom is -0.315 e. The Bertz CT molecular complexity index is 1000. The maximum atomic E-state index is 12.9. The van der Waals surface area contributed by atoms with Crippen LogP contribution < -0.4 is 10.0 Å². The first-order chi connectivity index (χ1) is 13.5. The van der Waals surface area contributed by atoms with E-state index in [2.05, 4.69) is 27.2 Å². The molecule has 0 saturated carbocycles. The number of nitrogens with one attached hydrogen (secondary N) is 2. The highest BCUT2D eigenvalue weighted by atomic mass is 32.2. The fraction of sp³-hybridized carbons (Fsp3) is 0.318. The van der Waals surface area contributed by atoms with Crippen molar-refractivity contribution in [2.75, 3.05) is 13.1 Å². The number of nitrogens with zero attached hydrogens (tertiary/aromatic N) is 1. The van der Waals surface area contributed by atoms with E-state index in [1.165, 1.54) is 5.56 Å². The second kappa shape index (κ2) is 9.28. The molecule has 1 heterocycles. The van der Waals surface area contributed by atoms with Crippen LogP contribution in [0.3, 0.4) is 0 Å². The van der Waals surface area contributed by atoms with Gasteiger partial charge in [0.1, 0.15) is 0 Å². The minimum atomic E-state index is -3.60. The lowest BCUT2D eigenvalue weighted by atomic mass is 10.1. The number of hydrogen-bond acceptors (Lipinski definition) is 4. The van der Waals surface area contributed by atoms with Crippen LogP contribution in [0.1, 0.15) is 19.4 Å². The molecule has 0 spiro atoms. The Balaban J connectivity index is 1.63. The monoisotopic (exact) mass is 397 g/mol. The molecule has 148 valence electrons. The van der Waals surface area contributed by atoms with Crippen molar-refractivity contribution >= 4 is 20.8 Å². The number of aromatic nitrogens is 1. The Labute approximate surface area is 167 Å². The molecule has 1 atom stereocenters. The van der Waals surface area contributed by atoms with E-state index >= 15 is 0 Å². The largest absolute Gasteiger partial charge is 0.315 e. The number of rotatable bonds is 9. The lowest BCUT2D eigenvalue weighted by Crippen LogP contribution is -2.45. The number of sulfonamides is 1. The number of benzene rings is 2. The first-order valence-electron chi connectivity index (χ1n) is 9.56. The van der Waals surface area contributed by atoms with Crippen LogP contribution in [0.4, 0.5) is 0 Å². The van der Waals surface area contributed by atoms with E-state index in [0.29, 0.717) is 6.54 Å². The Kier molecular flexibility index (Phi) is 6.78. The zero-order valence-corrected chi connectivity index (χ0v) is 17.1. The molecule has 1 unspecified atom stereocenters. The fourth-order valence-electron chi connectivity index (χ4n) is 3.04. The quantitative estimate of drug-likeness (QED) is 0.543. The first-order valence-corrected chi connectivity index (χ1v) is 11.0. The molecule has 0 bridgehead atoms. The molecule has 0 aliphatic rings. The summed E-state index contributed by atoms with van der Waals surface area (Å²) in [5.74, 6) is 0.170. The van der Waals surface area contributed by atoms with Gasteiger partial charge in [-0.2, -0.15) is 0 Å². The van der Waals surface area contributed by atoms with E-state index in [4.69, 9.17) is 0 Å². The summed E-state index contributed by atoms with van der Waals surface area (Å²) in [5, 5.41) is 5.17. The predicted molar refractivity (Wildman–Crippen MR) is 114 cm³/mol. The molecule has 0 aliphatic heterocycles. The number of fused-ring (bicyclic) bond motifs is 1. The van der Waals surface area contributed by atoms with Gasteiger partial charge < -0.3 is 5.32 Å². The Hall–Kier alpha value is -2.28. The molecule has 5 nitrogen and oxygen atoms in total. The Morgan fingerprint density at radius 2 is 1.79 bits per heavy atom. The first kappa shape index (κ1) is 20.5. The number of hydrogen-bond donors (Lipinski definition) is 2. The molecule has 3 aromatic rings. The fourth-order valence-corrected chi connectivity index (χ4v) is 4.46. The molecule has 0 amide bonds. The van der Waals surface area contributed by atoms with Crippen molar-refractivity contribution < 1.29 is 8.42 Å². The highest BCUT2D eigenvalue weighted by molar-refractivity contribution is 7.89. The maximum absolute atomic E-state index is 12.9. The summed E-state index contributed by atoms with van der Waals surface area (Å²) in [6, 6.07) is 17.0. The van der Waals surface area contributed by atoms with Crippen LogP contribution in [0.15, 0.2) is 71.9 Å². The summed E-state index contributed by atoms with van der Waals surface area (Å²) in [5.41, 5.74) is 1.27. The van der Waals surface area contributed by atoms with Gasteiger partial charge in [0.2, 0.25) is 10.0 Å². The predicted octanol–water partition coefficient (Wildman–Crippen LogP) is 3.37. The summed E-state index contributed by atoms with van der Waals surface area (Å²) >= 11 is 0. The van der Waals surface area contributed by atoms with Crippen molar-refractivity contribution in [1.29, 1.82) is 0 Å². The van der Waals surface area contributed by atoms with Crippen LogP contribution in [-0.2, 0) is 16.4 Å². The van der Waals surface area contributed by atoms with Gasteiger partial charge in [-0.1, -0.05) is 50.2 Å². The van der Waals surface area contributed by atoms with E-state index in [1.54, 1.807) is 30.6 Å². The van der Waals surface area contributed by atoms with Gasteiger partial charge in [-0.3, -0.25) is 4.98 Å². The molecule has 6 heteroatoms. The third-order valence-corrected chi connectivity index (χ3v) is 6.32. The minimum absolute atomic E-state index is 0.170. The van der Waals surface area contributed by atoms with Crippen molar-refractivity contribution in [3.05, 3.63) is 72.6 Å². The van der Waals surface area contributed by atoms with Gasteiger partial charge in [0.25, 0.3) is 0 Å². The second-order valence-electron chi connectivity index (χ2n) is 7.30. The van der Waals surface area contributed by atoms with Crippen LogP contribution in [0, 0.1) is 5.92 Å². The van der Waals surface area contributed by atoms with Crippen LogP contribution in [-0.4, -0.2) is 32.5 Å². The summed E-state index contributed by atoms with van der Waals surface area (Å²) in [6.45, 7) is 5.44. The van der Waals surface area contributed by atoms with Gasteiger partial charge in [-0.15, -0.1) is 0 Å². The molecule has 0 saturated heterocycles. The zero-order valence-electron chi connectivity index (χ0n) is 16.3. The average molecular weight is 398 g/mol. The van der Waals surface area contributed by atoms with E-state index < -0.39 is 10.0 Å². The molecule has 2 aromatic carbocycles. The standard InChI is InChI=1S/C22H27N3O2S/c1-17(2)22(16-24-12-10-18-6-4-3-5-7-18)25-28(26,27)21-9-8-20-15-23-13-11-19(20)14-21/h3-9,11,13-15,17,22,24-25H,10,12,16H2,1-2H3. The van der Waals surface area contributed by atoms with Gasteiger partial charge in [0.15, 0.2) is 0 Å². The van der Waals surface area contributed by atoms with Crippen molar-refractivity contribution in [3.63, 3.8) is 0 Å². The van der Waals surface area contributed by atoms with Gasteiger partial charge in [-0.05, 0) is 48.0 Å². The van der Waals surface area contributed by atoms with Crippen LogP contribution >= 0.6 is 0 Å². The molecule has 28 heavy (non-hydrogen) atoms. The van der Waals surface area contributed by atoms with Gasteiger partial charge in [0.05, 0.1) is 4.90 Å². The molecule has 2 N–H and O–H groups in total. The highest BCUT2D eigenvalue weighted by Crippen LogP contribution is 2.19. The van der Waals surface area contributed by atoms with E-state index in [0.717, 1.165) is 23.7 Å². The summed E-state index contributed by atoms with van der Waals surface area (Å²) in [6.07, 6.45) is 4.31. The lowest BCUT2D eigenvalue weighted by Gasteiger charge is -2.23. The third-order valence-electron chi connectivity index (χ3n) is 4.83. The molecular weight excluding hydrogens is 370 g/mol. The van der Waals surface area contributed by atoms with Crippen molar-refractivity contribution in [3.8, 4) is 0 Å². The van der Waals surface area contributed by atoms with Gasteiger partial charge >= 0.3 is 0 Å². The van der Waals surface area contributed by atoms with Crippen molar-refractivity contribution in [2.45, 2.75) is 31.2 Å². The van der Waals surface area contributed by atoms with Gasteiger partial charge in [-0.25, -0.2) is 13.1 Å². The zero-order chi connectivity index (χ0) is 20.0. The maximum Gasteiger partial charge on any atom is 0.240 e. The molecule has 3 rings (SSSR count). The normalized spacial score (nSPS) is 13.1. The summed E-state index contributed by atoms with van der Waals surface area (Å²) in [7, 11) is -3.60. The SMILES string of the molecule is CC(C)C(CNCCc1ccccc1)NS(=O)(=O)c1ccc2cnccc2c1. The van der Waals surface area contributed by atoms with Crippen molar-refractivity contribution in [2.24, 2.45) is 5.92 Å². The van der Waals surface area contributed by atoms with Gasteiger partial charge in [0, 0.05) is 30.4 Å². The topological polar surface area (TPSA) is 71.1 Å². The number of pyridine rings is 1. The third kappa shape index (κ3) is 5.38. The van der Waals surface area contributed by atoms with E-state index in [-0.39, 0.29) is 16.9 Å². The molecule has 0 radical (unpaired) electrons. The highest BCUT2D eigenvalue weighted by Gasteiger charge is 2.22. The van der Waals surface area contributed by atoms with Crippen molar-refractivity contribution in [1.82, 2.24) is 15.0 Å². The Morgan fingerprint density at radius 3 is 2.54 bits per heavy atom. The van der Waals surface area contributed by atoms with Crippen LogP contribution in [0.2, 0.25) is 0 Å². The van der Waals surface area contributed by atoms with Crippen LogP contribution in [0.5, 0.6) is 0 Å². The Morgan fingerprint density at radius 1 is 1.00 bits per heavy atom. The van der Waals surface area contributed by atoms with Crippen LogP contribution in [0.25, 0.3) is 10.8 Å². The molecule has 0 aliphatic carbocycles. The second-order valence-corrected chi connectivity index (χ2v) is 9.01. The summed E-state index contributed by atoms with van der Waals surface area (Å²) in [4.78, 5) is 4.35. The molecule has 1 aromatic heterocycles. The average Bonchev–Trinajstić information content (AvgIpc) is 2.70.